The summed E-state index contributed by atoms with van der Waals surface area (Å²) in [6.07, 6.45) is 0.445. The zero-order valence-corrected chi connectivity index (χ0v) is 10.4. The van der Waals surface area contributed by atoms with Gasteiger partial charge in [0.05, 0.1) is 12.3 Å². The first-order valence-corrected chi connectivity index (χ1v) is 5.96. The molecule has 5 heteroatoms. The summed E-state index contributed by atoms with van der Waals surface area (Å²) in [5.74, 6) is 0.758. The number of carbonyl (C=O) groups excluding carboxylic acids is 1. The smallest absolute Gasteiger partial charge is 0.227 e. The summed E-state index contributed by atoms with van der Waals surface area (Å²) in [5, 5.41) is 3.10. The number of ether oxygens (including phenoxy) is 1. The van der Waals surface area contributed by atoms with Crippen LogP contribution in [0.1, 0.15) is 13.3 Å². The van der Waals surface area contributed by atoms with E-state index in [4.69, 9.17) is 17.0 Å². The molecule has 4 nitrogen and oxygen atoms in total. The van der Waals surface area contributed by atoms with Gasteiger partial charge in [-0.25, -0.2) is 0 Å². The molecular weight excluding hydrogens is 236 g/mol. The van der Waals surface area contributed by atoms with Crippen molar-refractivity contribution in [3.63, 3.8) is 0 Å². The number of carbonyl (C=O) groups is 1. The number of amides is 1. The molecule has 1 fully saturated rings. The van der Waals surface area contributed by atoms with Crippen LogP contribution in [0.3, 0.4) is 0 Å². The van der Waals surface area contributed by atoms with Crippen LogP contribution in [0.2, 0.25) is 0 Å². The van der Waals surface area contributed by atoms with E-state index in [9.17, 15) is 4.79 Å². The minimum atomic E-state index is -0.0276. The van der Waals surface area contributed by atoms with E-state index in [0.29, 0.717) is 24.7 Å². The Morgan fingerprint density at radius 3 is 2.94 bits per heavy atom. The molecule has 1 aliphatic rings. The molecule has 0 unspecified atom stereocenters. The minimum absolute atomic E-state index is 0.0276. The number of nitrogens with zero attached hydrogens (tertiary/aromatic N) is 1. The largest absolute Gasteiger partial charge is 0.492 e. The molecule has 0 spiro atoms. The molecule has 1 heterocycles. The number of hydrogen-bond acceptors (Lipinski definition) is 3. The summed E-state index contributed by atoms with van der Waals surface area (Å²) < 4.78 is 5.55. The summed E-state index contributed by atoms with van der Waals surface area (Å²) >= 11 is 5.17. The van der Waals surface area contributed by atoms with Gasteiger partial charge in [-0.15, -0.1) is 0 Å². The standard InChI is InChI=1S/C12H14N2O2S/c1-2-16-10-6-4-3-5-9(10)14-8-7-11(15)13-12(14)17/h3-6H,2,7-8H2,1H3,(H,13,15,17). The van der Waals surface area contributed by atoms with Crippen LogP contribution in [0.5, 0.6) is 5.75 Å². The molecule has 1 aromatic rings. The lowest BCUT2D eigenvalue weighted by molar-refractivity contribution is -0.119. The zero-order valence-electron chi connectivity index (χ0n) is 9.60. The molecule has 90 valence electrons. The molecule has 0 saturated carbocycles. The summed E-state index contributed by atoms with van der Waals surface area (Å²) in [6.45, 7) is 3.13. The minimum Gasteiger partial charge on any atom is -0.492 e. The third-order valence-electron chi connectivity index (χ3n) is 2.51. The Kier molecular flexibility index (Phi) is 3.58. The third kappa shape index (κ3) is 2.55. The number of nitrogens with one attached hydrogen (secondary N) is 1. The maximum absolute atomic E-state index is 11.2. The van der Waals surface area contributed by atoms with E-state index in [1.807, 2.05) is 36.1 Å². The van der Waals surface area contributed by atoms with Crippen molar-refractivity contribution >= 4 is 28.9 Å². The van der Waals surface area contributed by atoms with Gasteiger partial charge in [0.1, 0.15) is 5.75 Å². The first-order chi connectivity index (χ1) is 8.22. The van der Waals surface area contributed by atoms with E-state index in [2.05, 4.69) is 5.32 Å². The predicted octanol–water partition coefficient (Wildman–Crippen LogP) is 1.70. The van der Waals surface area contributed by atoms with Crippen molar-refractivity contribution in [3.05, 3.63) is 24.3 Å². The molecule has 2 rings (SSSR count). The molecule has 1 aliphatic heterocycles. The van der Waals surface area contributed by atoms with Crippen molar-refractivity contribution in [3.8, 4) is 5.75 Å². The van der Waals surface area contributed by atoms with Crippen LogP contribution in [0, 0.1) is 0 Å². The molecule has 1 aromatic carbocycles. The van der Waals surface area contributed by atoms with Crippen LogP contribution < -0.4 is 15.0 Å². The van der Waals surface area contributed by atoms with Gasteiger partial charge in [-0.05, 0) is 31.3 Å². The van der Waals surface area contributed by atoms with Gasteiger partial charge in [-0.2, -0.15) is 0 Å². The highest BCUT2D eigenvalue weighted by Gasteiger charge is 2.23. The molecule has 0 aromatic heterocycles. The Morgan fingerprint density at radius 2 is 2.24 bits per heavy atom. The molecule has 1 N–H and O–H groups in total. The van der Waals surface area contributed by atoms with E-state index in [1.54, 1.807) is 0 Å². The van der Waals surface area contributed by atoms with Crippen molar-refractivity contribution in [2.75, 3.05) is 18.1 Å². The molecule has 0 atom stereocenters. The maximum Gasteiger partial charge on any atom is 0.227 e. The summed E-state index contributed by atoms with van der Waals surface area (Å²) in [4.78, 5) is 13.1. The van der Waals surface area contributed by atoms with Crippen molar-refractivity contribution in [2.45, 2.75) is 13.3 Å². The SMILES string of the molecule is CCOc1ccccc1N1CCC(=O)NC1=S. The Balaban J connectivity index is 2.27. The van der Waals surface area contributed by atoms with Crippen LogP contribution in [0.15, 0.2) is 24.3 Å². The van der Waals surface area contributed by atoms with Crippen molar-refractivity contribution in [1.82, 2.24) is 5.32 Å². The lowest BCUT2D eigenvalue weighted by Crippen LogP contribution is -2.49. The topological polar surface area (TPSA) is 41.6 Å². The Bertz CT molecular complexity index is 448. The number of para-hydroxylation sites is 2. The molecular formula is C12H14N2O2S. The number of anilines is 1. The third-order valence-corrected chi connectivity index (χ3v) is 2.83. The highest BCUT2D eigenvalue weighted by molar-refractivity contribution is 7.80. The van der Waals surface area contributed by atoms with E-state index in [-0.39, 0.29) is 5.91 Å². The quantitative estimate of drug-likeness (QED) is 0.829. The Labute approximate surface area is 106 Å². The van der Waals surface area contributed by atoms with Gasteiger partial charge in [-0.3, -0.25) is 4.79 Å². The summed E-state index contributed by atoms with van der Waals surface area (Å²) in [6, 6.07) is 7.68. The second-order valence-corrected chi connectivity index (χ2v) is 4.04. The molecule has 1 amide bonds. The Morgan fingerprint density at radius 1 is 1.47 bits per heavy atom. The monoisotopic (exact) mass is 250 g/mol. The number of hydrogen-bond donors (Lipinski definition) is 1. The van der Waals surface area contributed by atoms with Crippen molar-refractivity contribution in [2.24, 2.45) is 0 Å². The fourth-order valence-electron chi connectivity index (χ4n) is 1.75. The van der Waals surface area contributed by atoms with Gasteiger partial charge < -0.3 is 15.0 Å². The van der Waals surface area contributed by atoms with E-state index >= 15 is 0 Å². The highest BCUT2D eigenvalue weighted by atomic mass is 32.1. The predicted molar refractivity (Wildman–Crippen MR) is 70.3 cm³/mol. The van der Waals surface area contributed by atoms with E-state index < -0.39 is 0 Å². The summed E-state index contributed by atoms with van der Waals surface area (Å²) in [7, 11) is 0. The molecule has 0 radical (unpaired) electrons. The molecule has 1 saturated heterocycles. The zero-order chi connectivity index (χ0) is 12.3. The first-order valence-electron chi connectivity index (χ1n) is 5.55. The van der Waals surface area contributed by atoms with Crippen LogP contribution in [0.25, 0.3) is 0 Å². The number of benzene rings is 1. The van der Waals surface area contributed by atoms with Gasteiger partial charge >= 0.3 is 0 Å². The molecule has 0 bridgehead atoms. The molecule has 0 aliphatic carbocycles. The van der Waals surface area contributed by atoms with Crippen LogP contribution in [-0.2, 0) is 4.79 Å². The van der Waals surface area contributed by atoms with Crippen LogP contribution in [0.4, 0.5) is 5.69 Å². The van der Waals surface area contributed by atoms with Crippen molar-refractivity contribution < 1.29 is 9.53 Å². The van der Waals surface area contributed by atoms with E-state index in [1.165, 1.54) is 0 Å². The normalized spacial score (nSPS) is 15.7. The van der Waals surface area contributed by atoms with Gasteiger partial charge in [0.15, 0.2) is 5.11 Å². The lowest BCUT2D eigenvalue weighted by Gasteiger charge is -2.30. The first kappa shape index (κ1) is 11.9. The fourth-order valence-corrected chi connectivity index (χ4v) is 2.06. The number of thiocarbonyl (C=S) groups is 1. The lowest BCUT2D eigenvalue weighted by atomic mass is 10.2. The van der Waals surface area contributed by atoms with Gasteiger partial charge in [0.25, 0.3) is 0 Å². The van der Waals surface area contributed by atoms with E-state index in [0.717, 1.165) is 11.4 Å². The van der Waals surface area contributed by atoms with Crippen LogP contribution in [-0.4, -0.2) is 24.2 Å². The Hall–Kier alpha value is -1.62. The molecule has 17 heavy (non-hydrogen) atoms. The van der Waals surface area contributed by atoms with Gasteiger partial charge in [0, 0.05) is 13.0 Å². The fraction of sp³-hybridized carbons (Fsp3) is 0.333. The number of rotatable bonds is 3. The highest BCUT2D eigenvalue weighted by Crippen LogP contribution is 2.29. The average Bonchev–Trinajstić information content (AvgIpc) is 2.31. The average molecular weight is 250 g/mol. The second kappa shape index (κ2) is 5.14. The van der Waals surface area contributed by atoms with Crippen LogP contribution >= 0.6 is 12.2 Å². The second-order valence-electron chi connectivity index (χ2n) is 3.66. The maximum atomic E-state index is 11.2. The van der Waals surface area contributed by atoms with Gasteiger partial charge in [0.2, 0.25) is 5.91 Å². The van der Waals surface area contributed by atoms with Crippen molar-refractivity contribution in [1.29, 1.82) is 0 Å². The summed E-state index contributed by atoms with van der Waals surface area (Å²) in [5.41, 5.74) is 0.902. The van der Waals surface area contributed by atoms with Gasteiger partial charge in [-0.1, -0.05) is 12.1 Å².